The fourth-order valence-corrected chi connectivity index (χ4v) is 5.13. The fourth-order valence-electron chi connectivity index (χ4n) is 4.06. The van der Waals surface area contributed by atoms with Gasteiger partial charge in [0, 0.05) is 17.9 Å². The van der Waals surface area contributed by atoms with Gasteiger partial charge in [-0.15, -0.1) is 0 Å². The number of nitrogens with zero attached hydrogens (tertiary/aromatic N) is 4. The SMILES string of the molecule is NCC1CCN(Cc2ccc(Nc3nc4ncnc(Nc5ccc(F)c(Cl)c5)c4s3)cc2)CC1. The Bertz CT molecular complexity index is 1270. The normalized spacial score (nSPS) is 15.0. The van der Waals surface area contributed by atoms with Crippen LogP contribution in [0.25, 0.3) is 10.3 Å². The van der Waals surface area contributed by atoms with Crippen LogP contribution in [0.15, 0.2) is 48.8 Å². The quantitative estimate of drug-likeness (QED) is 0.309. The molecule has 2 aromatic heterocycles. The maximum atomic E-state index is 13.5. The average molecular weight is 498 g/mol. The van der Waals surface area contributed by atoms with E-state index in [1.165, 1.54) is 48.2 Å². The third-order valence-corrected chi connectivity index (χ3v) is 7.28. The third kappa shape index (κ3) is 5.28. The molecular weight excluding hydrogens is 473 g/mol. The molecule has 4 N–H and O–H groups in total. The molecule has 0 bridgehead atoms. The van der Waals surface area contributed by atoms with Crippen molar-refractivity contribution in [1.82, 2.24) is 19.9 Å². The number of thiazole rings is 1. The summed E-state index contributed by atoms with van der Waals surface area (Å²) in [6.07, 6.45) is 3.81. The van der Waals surface area contributed by atoms with E-state index in [1.54, 1.807) is 6.07 Å². The van der Waals surface area contributed by atoms with Gasteiger partial charge in [-0.1, -0.05) is 35.1 Å². The van der Waals surface area contributed by atoms with Gasteiger partial charge < -0.3 is 16.4 Å². The molecule has 0 amide bonds. The smallest absolute Gasteiger partial charge is 0.189 e. The van der Waals surface area contributed by atoms with Crippen molar-refractivity contribution in [3.8, 4) is 0 Å². The molecular formula is C24H25ClFN7S. The third-order valence-electron chi connectivity index (χ3n) is 6.03. The molecule has 34 heavy (non-hydrogen) atoms. The van der Waals surface area contributed by atoms with Gasteiger partial charge in [0.25, 0.3) is 0 Å². The van der Waals surface area contributed by atoms with Crippen molar-refractivity contribution >= 4 is 55.6 Å². The zero-order chi connectivity index (χ0) is 23.5. The number of benzene rings is 2. The highest BCUT2D eigenvalue weighted by Gasteiger charge is 2.18. The van der Waals surface area contributed by atoms with Gasteiger partial charge in [0.1, 0.15) is 16.8 Å². The van der Waals surface area contributed by atoms with Gasteiger partial charge in [0.2, 0.25) is 0 Å². The lowest BCUT2D eigenvalue weighted by Crippen LogP contribution is -2.35. The summed E-state index contributed by atoms with van der Waals surface area (Å²) in [4.78, 5) is 15.7. The number of aromatic nitrogens is 3. The van der Waals surface area contributed by atoms with Crippen LogP contribution in [0.1, 0.15) is 18.4 Å². The summed E-state index contributed by atoms with van der Waals surface area (Å²) in [5.74, 6) is 0.795. The molecule has 3 heterocycles. The van der Waals surface area contributed by atoms with Crippen LogP contribution in [0.5, 0.6) is 0 Å². The second-order valence-electron chi connectivity index (χ2n) is 8.43. The molecule has 0 unspecified atom stereocenters. The van der Waals surface area contributed by atoms with E-state index in [9.17, 15) is 4.39 Å². The number of fused-ring (bicyclic) bond motifs is 1. The van der Waals surface area contributed by atoms with E-state index in [-0.39, 0.29) is 5.02 Å². The zero-order valence-corrected chi connectivity index (χ0v) is 20.0. The largest absolute Gasteiger partial charge is 0.339 e. The van der Waals surface area contributed by atoms with Crippen LogP contribution < -0.4 is 16.4 Å². The first-order valence-corrected chi connectivity index (χ1v) is 12.4. The number of nitrogens with one attached hydrogen (secondary N) is 2. The highest BCUT2D eigenvalue weighted by atomic mass is 35.5. The summed E-state index contributed by atoms with van der Waals surface area (Å²) in [5.41, 5.74) is 9.26. The summed E-state index contributed by atoms with van der Waals surface area (Å²) in [6, 6.07) is 12.9. The summed E-state index contributed by atoms with van der Waals surface area (Å²) in [7, 11) is 0. The van der Waals surface area contributed by atoms with E-state index in [4.69, 9.17) is 17.3 Å². The van der Waals surface area contributed by atoms with Gasteiger partial charge in [-0.05, 0) is 74.3 Å². The number of hydrogen-bond acceptors (Lipinski definition) is 8. The van der Waals surface area contributed by atoms with Crippen LogP contribution in [0, 0.1) is 11.7 Å². The monoisotopic (exact) mass is 497 g/mol. The van der Waals surface area contributed by atoms with E-state index >= 15 is 0 Å². The molecule has 0 saturated carbocycles. The lowest BCUT2D eigenvalue weighted by Gasteiger charge is -2.31. The van der Waals surface area contributed by atoms with Crippen LogP contribution in [-0.4, -0.2) is 39.5 Å². The second kappa shape index (κ2) is 10.2. The van der Waals surface area contributed by atoms with Crippen molar-refractivity contribution in [1.29, 1.82) is 0 Å². The van der Waals surface area contributed by atoms with E-state index in [2.05, 4.69) is 54.8 Å². The predicted octanol–water partition coefficient (Wildman–Crippen LogP) is 5.54. The maximum Gasteiger partial charge on any atom is 0.189 e. The van der Waals surface area contributed by atoms with Crippen molar-refractivity contribution in [2.75, 3.05) is 30.3 Å². The Labute approximate surface area is 206 Å². The number of likely N-dealkylation sites (tertiary alicyclic amines) is 1. The molecule has 1 aliphatic rings. The number of halogens is 2. The van der Waals surface area contributed by atoms with Crippen molar-refractivity contribution in [2.45, 2.75) is 19.4 Å². The molecule has 1 saturated heterocycles. The Morgan fingerprint density at radius 1 is 1.06 bits per heavy atom. The van der Waals surface area contributed by atoms with Crippen molar-refractivity contribution < 1.29 is 4.39 Å². The van der Waals surface area contributed by atoms with Crippen molar-refractivity contribution in [3.63, 3.8) is 0 Å². The molecule has 4 aromatic rings. The lowest BCUT2D eigenvalue weighted by atomic mass is 9.97. The van der Waals surface area contributed by atoms with Gasteiger partial charge in [-0.25, -0.2) is 14.4 Å². The summed E-state index contributed by atoms with van der Waals surface area (Å²) >= 11 is 7.34. The number of anilines is 4. The molecule has 0 atom stereocenters. The Kier molecular flexibility index (Phi) is 6.87. The first-order chi connectivity index (χ1) is 16.6. The fraction of sp³-hybridized carbons (Fsp3) is 0.292. The van der Waals surface area contributed by atoms with Gasteiger partial charge in [0.05, 0.1) is 5.02 Å². The van der Waals surface area contributed by atoms with Crippen LogP contribution >= 0.6 is 22.9 Å². The lowest BCUT2D eigenvalue weighted by molar-refractivity contribution is 0.180. The number of piperidine rings is 1. The Hall–Kier alpha value is -2.85. The van der Waals surface area contributed by atoms with E-state index in [0.717, 1.165) is 36.6 Å². The van der Waals surface area contributed by atoms with Gasteiger partial charge in [0.15, 0.2) is 16.6 Å². The Morgan fingerprint density at radius 2 is 1.82 bits per heavy atom. The molecule has 10 heteroatoms. The van der Waals surface area contributed by atoms with Gasteiger partial charge in [-0.2, -0.15) is 4.98 Å². The Balaban J connectivity index is 1.26. The van der Waals surface area contributed by atoms with Crippen molar-refractivity contribution in [3.05, 3.63) is 65.2 Å². The van der Waals surface area contributed by atoms with Gasteiger partial charge in [-0.3, -0.25) is 4.90 Å². The van der Waals surface area contributed by atoms with Crippen LogP contribution in [0.2, 0.25) is 5.02 Å². The minimum absolute atomic E-state index is 0.0467. The molecule has 1 aliphatic heterocycles. The Morgan fingerprint density at radius 3 is 2.56 bits per heavy atom. The molecule has 5 rings (SSSR count). The van der Waals surface area contributed by atoms with E-state index in [1.807, 2.05) is 0 Å². The van der Waals surface area contributed by atoms with Crippen LogP contribution in [-0.2, 0) is 6.54 Å². The number of rotatable bonds is 7. The molecule has 176 valence electrons. The van der Waals surface area contributed by atoms with Crippen LogP contribution in [0.4, 0.5) is 26.7 Å². The standard InChI is InChI=1S/C24H25ClFN7S/c25-19-11-18(5-6-20(19)26)30-22-21-23(29-14-28-22)32-24(34-21)31-17-3-1-16(2-4-17)13-33-9-7-15(12-27)8-10-33/h1-6,11,14-15H,7-10,12-13,27H2,(H2,28,29,30,31,32). The first kappa shape index (κ1) is 22.9. The minimum Gasteiger partial charge on any atom is -0.339 e. The highest BCUT2D eigenvalue weighted by Crippen LogP contribution is 2.33. The maximum absolute atomic E-state index is 13.5. The molecule has 0 radical (unpaired) electrons. The molecule has 0 aliphatic carbocycles. The minimum atomic E-state index is -0.466. The van der Waals surface area contributed by atoms with Crippen molar-refractivity contribution in [2.24, 2.45) is 11.7 Å². The summed E-state index contributed by atoms with van der Waals surface area (Å²) in [5, 5.41) is 7.29. The predicted molar refractivity (Wildman–Crippen MR) is 137 cm³/mol. The first-order valence-electron chi connectivity index (χ1n) is 11.2. The summed E-state index contributed by atoms with van der Waals surface area (Å²) < 4.78 is 14.3. The molecule has 0 spiro atoms. The van der Waals surface area contributed by atoms with E-state index < -0.39 is 5.82 Å². The second-order valence-corrected chi connectivity index (χ2v) is 9.83. The molecule has 2 aromatic carbocycles. The van der Waals surface area contributed by atoms with Crippen LogP contribution in [0.3, 0.4) is 0 Å². The number of hydrogen-bond donors (Lipinski definition) is 3. The number of nitrogens with two attached hydrogens (primary N) is 1. The summed E-state index contributed by atoms with van der Waals surface area (Å²) in [6.45, 7) is 3.96. The van der Waals surface area contributed by atoms with E-state index in [0.29, 0.717) is 28.2 Å². The zero-order valence-electron chi connectivity index (χ0n) is 18.5. The highest BCUT2D eigenvalue weighted by molar-refractivity contribution is 7.22. The van der Waals surface area contributed by atoms with Gasteiger partial charge >= 0.3 is 0 Å². The molecule has 1 fully saturated rings. The average Bonchev–Trinajstić information content (AvgIpc) is 3.27. The topological polar surface area (TPSA) is 92.0 Å². The molecule has 7 nitrogen and oxygen atoms in total.